The fourth-order valence-electron chi connectivity index (χ4n) is 1.22. The Balaban J connectivity index is 2.61. The van der Waals surface area contributed by atoms with Crippen LogP contribution in [-0.2, 0) is 0 Å². The van der Waals surface area contributed by atoms with Crippen LogP contribution in [0.3, 0.4) is 0 Å². The van der Waals surface area contributed by atoms with Gasteiger partial charge in [0.1, 0.15) is 6.26 Å². The molecule has 0 aliphatic heterocycles. The monoisotopic (exact) mass is 196 g/mol. The lowest BCUT2D eigenvalue weighted by molar-refractivity contribution is 0.0738. The third-order valence-corrected chi connectivity index (χ3v) is 2.33. The maximum Gasteiger partial charge on any atom is 0.257 e. The third-order valence-electron chi connectivity index (χ3n) is 2.33. The van der Waals surface area contributed by atoms with Crippen LogP contribution in [-0.4, -0.2) is 30.4 Å². The molecule has 1 amide bonds. The molecule has 14 heavy (non-hydrogen) atoms. The Morgan fingerprint density at radius 3 is 2.93 bits per heavy atom. The maximum absolute atomic E-state index is 11.7. The first-order valence-corrected chi connectivity index (χ1v) is 4.66. The van der Waals surface area contributed by atoms with Crippen LogP contribution in [0.5, 0.6) is 0 Å². The van der Waals surface area contributed by atoms with Crippen molar-refractivity contribution < 1.29 is 9.21 Å². The largest absolute Gasteiger partial charge is 0.472 e. The highest BCUT2D eigenvalue weighted by atomic mass is 16.3. The number of carbonyl (C=O) groups is 1. The van der Waals surface area contributed by atoms with Crippen molar-refractivity contribution >= 4 is 5.91 Å². The van der Waals surface area contributed by atoms with E-state index < -0.39 is 0 Å². The molecule has 4 heteroatoms. The summed E-state index contributed by atoms with van der Waals surface area (Å²) in [7, 11) is 1.77. The summed E-state index contributed by atoms with van der Waals surface area (Å²) < 4.78 is 4.85. The van der Waals surface area contributed by atoms with E-state index in [1.54, 1.807) is 18.0 Å². The zero-order valence-electron chi connectivity index (χ0n) is 8.56. The normalized spacial score (nSPS) is 12.5. The molecule has 1 rings (SSSR count). The van der Waals surface area contributed by atoms with Gasteiger partial charge in [0.05, 0.1) is 11.8 Å². The average Bonchev–Trinajstić information content (AvgIpc) is 2.68. The van der Waals surface area contributed by atoms with Gasteiger partial charge in [0.25, 0.3) is 5.91 Å². The van der Waals surface area contributed by atoms with Crippen molar-refractivity contribution in [1.82, 2.24) is 4.90 Å². The van der Waals surface area contributed by atoms with Gasteiger partial charge in [-0.25, -0.2) is 0 Å². The van der Waals surface area contributed by atoms with E-state index >= 15 is 0 Å². The standard InChI is InChI=1S/C10H16N2O2/c1-8(3-5-11)12(2)10(13)9-4-6-14-7-9/h4,6-8H,3,5,11H2,1-2H3. The van der Waals surface area contributed by atoms with Gasteiger partial charge < -0.3 is 15.1 Å². The first kappa shape index (κ1) is 10.8. The molecule has 4 nitrogen and oxygen atoms in total. The number of amides is 1. The number of hydrogen-bond donors (Lipinski definition) is 1. The zero-order chi connectivity index (χ0) is 10.6. The van der Waals surface area contributed by atoms with Crippen LogP contribution < -0.4 is 5.73 Å². The number of nitrogens with zero attached hydrogens (tertiary/aromatic N) is 1. The van der Waals surface area contributed by atoms with E-state index in [-0.39, 0.29) is 11.9 Å². The molecule has 0 bridgehead atoms. The van der Waals surface area contributed by atoms with Crippen molar-refractivity contribution in [2.75, 3.05) is 13.6 Å². The number of rotatable bonds is 4. The molecule has 0 radical (unpaired) electrons. The van der Waals surface area contributed by atoms with Crippen LogP contribution in [0.15, 0.2) is 23.0 Å². The molecule has 0 fully saturated rings. The quantitative estimate of drug-likeness (QED) is 0.784. The van der Waals surface area contributed by atoms with Crippen molar-refractivity contribution in [3.8, 4) is 0 Å². The van der Waals surface area contributed by atoms with Gasteiger partial charge in [-0.1, -0.05) is 0 Å². The third kappa shape index (κ3) is 2.35. The summed E-state index contributed by atoms with van der Waals surface area (Å²) in [6.07, 6.45) is 3.75. The van der Waals surface area contributed by atoms with Gasteiger partial charge in [-0.05, 0) is 26.0 Å². The van der Waals surface area contributed by atoms with E-state index in [1.165, 1.54) is 12.5 Å². The van der Waals surface area contributed by atoms with Gasteiger partial charge in [-0.2, -0.15) is 0 Å². The molecule has 0 aromatic carbocycles. The molecule has 1 aromatic heterocycles. The minimum Gasteiger partial charge on any atom is -0.472 e. The molecule has 1 unspecified atom stereocenters. The van der Waals surface area contributed by atoms with Crippen LogP contribution in [0.1, 0.15) is 23.7 Å². The maximum atomic E-state index is 11.7. The highest BCUT2D eigenvalue weighted by Gasteiger charge is 2.17. The predicted molar refractivity (Wildman–Crippen MR) is 53.9 cm³/mol. The molecule has 0 aliphatic carbocycles. The summed E-state index contributed by atoms with van der Waals surface area (Å²) in [6.45, 7) is 2.56. The Kier molecular flexibility index (Phi) is 3.71. The van der Waals surface area contributed by atoms with Gasteiger partial charge in [0.2, 0.25) is 0 Å². The summed E-state index contributed by atoms with van der Waals surface area (Å²) in [5, 5.41) is 0. The van der Waals surface area contributed by atoms with E-state index in [0.717, 1.165) is 6.42 Å². The molecular weight excluding hydrogens is 180 g/mol. The van der Waals surface area contributed by atoms with Crippen LogP contribution >= 0.6 is 0 Å². The zero-order valence-corrected chi connectivity index (χ0v) is 8.56. The van der Waals surface area contributed by atoms with E-state index in [0.29, 0.717) is 12.1 Å². The first-order valence-electron chi connectivity index (χ1n) is 4.66. The lowest BCUT2D eigenvalue weighted by Gasteiger charge is -2.23. The molecule has 0 saturated heterocycles. The topological polar surface area (TPSA) is 59.5 Å². The highest BCUT2D eigenvalue weighted by Crippen LogP contribution is 2.08. The Hall–Kier alpha value is -1.29. The van der Waals surface area contributed by atoms with Gasteiger partial charge >= 0.3 is 0 Å². The molecule has 1 atom stereocenters. The number of nitrogens with two attached hydrogens (primary N) is 1. The van der Waals surface area contributed by atoms with Crippen molar-refractivity contribution in [3.05, 3.63) is 24.2 Å². The van der Waals surface area contributed by atoms with Gasteiger partial charge in [-0.3, -0.25) is 4.79 Å². The van der Waals surface area contributed by atoms with Crippen molar-refractivity contribution in [1.29, 1.82) is 0 Å². The van der Waals surface area contributed by atoms with Crippen molar-refractivity contribution in [3.63, 3.8) is 0 Å². The van der Waals surface area contributed by atoms with E-state index in [4.69, 9.17) is 10.2 Å². The summed E-state index contributed by atoms with van der Waals surface area (Å²) in [5.41, 5.74) is 6.01. The minimum atomic E-state index is -0.0281. The highest BCUT2D eigenvalue weighted by molar-refractivity contribution is 5.93. The van der Waals surface area contributed by atoms with Gasteiger partial charge in [0.15, 0.2) is 0 Å². The SMILES string of the molecule is CC(CCN)N(C)C(=O)c1ccoc1. The second-order valence-corrected chi connectivity index (χ2v) is 3.35. The smallest absolute Gasteiger partial charge is 0.257 e. The fraction of sp³-hybridized carbons (Fsp3) is 0.500. The molecule has 0 aliphatic rings. The first-order chi connectivity index (χ1) is 6.66. The van der Waals surface area contributed by atoms with Gasteiger partial charge in [-0.15, -0.1) is 0 Å². The van der Waals surface area contributed by atoms with Crippen LogP contribution in [0, 0.1) is 0 Å². The number of carbonyl (C=O) groups excluding carboxylic acids is 1. The molecule has 1 aromatic rings. The number of furan rings is 1. The lowest BCUT2D eigenvalue weighted by Crippen LogP contribution is -2.36. The molecule has 0 saturated carbocycles. The summed E-state index contributed by atoms with van der Waals surface area (Å²) in [6, 6.07) is 1.82. The van der Waals surface area contributed by atoms with Crippen molar-refractivity contribution in [2.45, 2.75) is 19.4 Å². The van der Waals surface area contributed by atoms with E-state index in [1.807, 2.05) is 6.92 Å². The average molecular weight is 196 g/mol. The van der Waals surface area contributed by atoms with Crippen LogP contribution in [0.25, 0.3) is 0 Å². The van der Waals surface area contributed by atoms with Gasteiger partial charge in [0, 0.05) is 13.1 Å². The summed E-state index contributed by atoms with van der Waals surface area (Å²) >= 11 is 0. The molecular formula is C10H16N2O2. The van der Waals surface area contributed by atoms with E-state index in [2.05, 4.69) is 0 Å². The Bertz CT molecular complexity index is 282. The predicted octanol–water partition coefficient (Wildman–Crippen LogP) is 1.09. The second-order valence-electron chi connectivity index (χ2n) is 3.35. The van der Waals surface area contributed by atoms with E-state index in [9.17, 15) is 4.79 Å². The second kappa shape index (κ2) is 4.81. The molecule has 1 heterocycles. The fourth-order valence-corrected chi connectivity index (χ4v) is 1.22. The van der Waals surface area contributed by atoms with Crippen LogP contribution in [0.4, 0.5) is 0 Å². The molecule has 0 spiro atoms. The Morgan fingerprint density at radius 2 is 2.43 bits per heavy atom. The van der Waals surface area contributed by atoms with Crippen molar-refractivity contribution in [2.24, 2.45) is 5.73 Å². The molecule has 2 N–H and O–H groups in total. The molecule has 78 valence electrons. The minimum absolute atomic E-state index is 0.0281. The Labute approximate surface area is 83.7 Å². The summed E-state index contributed by atoms with van der Waals surface area (Å²) in [5.74, 6) is -0.0281. The lowest BCUT2D eigenvalue weighted by atomic mass is 10.2. The van der Waals surface area contributed by atoms with Crippen LogP contribution in [0.2, 0.25) is 0 Å². The Morgan fingerprint density at radius 1 is 1.71 bits per heavy atom. The number of hydrogen-bond acceptors (Lipinski definition) is 3. The summed E-state index contributed by atoms with van der Waals surface area (Å²) in [4.78, 5) is 13.4.